The van der Waals surface area contributed by atoms with Crippen molar-refractivity contribution in [3.63, 3.8) is 0 Å². The van der Waals surface area contributed by atoms with E-state index in [1.165, 1.54) is 0 Å². The van der Waals surface area contributed by atoms with E-state index in [0.29, 0.717) is 23.8 Å². The van der Waals surface area contributed by atoms with Crippen molar-refractivity contribution in [1.29, 1.82) is 0 Å². The first-order chi connectivity index (χ1) is 12.2. The molecule has 140 valence electrons. The van der Waals surface area contributed by atoms with E-state index in [-0.39, 0.29) is 11.3 Å². The van der Waals surface area contributed by atoms with Crippen molar-refractivity contribution in [2.45, 2.75) is 53.5 Å². The Bertz CT molecular complexity index is 810. The number of halogens is 1. The standard InChI is InChI=1S/C19H25ClN4O2/c1-12-8-13(26-23-12)11-24-7-5-6-15-16(24)9-14(20)18(21-15)22-17(25)10-19(2,3)4/h8-9H,5-7,10-11H2,1-4H3,(H,21,22,25). The van der Waals surface area contributed by atoms with Gasteiger partial charge in [-0.2, -0.15) is 0 Å². The molecule has 0 fully saturated rings. The van der Waals surface area contributed by atoms with Crippen molar-refractivity contribution in [1.82, 2.24) is 10.1 Å². The van der Waals surface area contributed by atoms with Gasteiger partial charge in [-0.05, 0) is 31.2 Å². The average Bonchev–Trinajstić information content (AvgIpc) is 2.92. The summed E-state index contributed by atoms with van der Waals surface area (Å²) in [6.07, 6.45) is 2.27. The number of anilines is 2. The largest absolute Gasteiger partial charge is 0.362 e. The summed E-state index contributed by atoms with van der Waals surface area (Å²) in [5.41, 5.74) is 2.72. The number of rotatable bonds is 4. The van der Waals surface area contributed by atoms with Crippen LogP contribution in [0.3, 0.4) is 0 Å². The highest BCUT2D eigenvalue weighted by Crippen LogP contribution is 2.33. The van der Waals surface area contributed by atoms with Crippen LogP contribution in [-0.4, -0.2) is 22.6 Å². The first-order valence-corrected chi connectivity index (χ1v) is 9.25. The van der Waals surface area contributed by atoms with Gasteiger partial charge in [-0.25, -0.2) is 4.98 Å². The predicted octanol–water partition coefficient (Wildman–Crippen LogP) is 4.36. The number of pyridine rings is 1. The van der Waals surface area contributed by atoms with Gasteiger partial charge in [0.15, 0.2) is 11.6 Å². The van der Waals surface area contributed by atoms with Crippen molar-refractivity contribution in [2.24, 2.45) is 5.41 Å². The lowest BCUT2D eigenvalue weighted by Gasteiger charge is -2.30. The minimum atomic E-state index is -0.0865. The Morgan fingerprint density at radius 2 is 2.15 bits per heavy atom. The maximum absolute atomic E-state index is 12.2. The monoisotopic (exact) mass is 376 g/mol. The Morgan fingerprint density at radius 1 is 1.38 bits per heavy atom. The molecule has 26 heavy (non-hydrogen) atoms. The summed E-state index contributed by atoms with van der Waals surface area (Å²) in [6, 6.07) is 3.82. The minimum Gasteiger partial charge on any atom is -0.362 e. The number of aromatic nitrogens is 2. The zero-order valence-corrected chi connectivity index (χ0v) is 16.5. The van der Waals surface area contributed by atoms with E-state index in [2.05, 4.69) is 20.4 Å². The van der Waals surface area contributed by atoms with Crippen LogP contribution in [-0.2, 0) is 17.8 Å². The Kier molecular flexibility index (Phi) is 5.23. The second-order valence-corrected chi connectivity index (χ2v) is 8.44. The summed E-state index contributed by atoms with van der Waals surface area (Å²) >= 11 is 6.41. The molecule has 0 unspecified atom stereocenters. The van der Waals surface area contributed by atoms with E-state index >= 15 is 0 Å². The van der Waals surface area contributed by atoms with Gasteiger partial charge in [0.25, 0.3) is 0 Å². The Balaban J connectivity index is 1.79. The van der Waals surface area contributed by atoms with Crippen LogP contribution in [0.1, 0.15) is 50.8 Å². The van der Waals surface area contributed by atoms with Crippen LogP contribution < -0.4 is 10.2 Å². The quantitative estimate of drug-likeness (QED) is 0.858. The van der Waals surface area contributed by atoms with Crippen LogP contribution in [0.2, 0.25) is 5.02 Å². The Labute approximate surface area is 158 Å². The molecule has 0 atom stereocenters. The molecule has 1 aliphatic rings. The summed E-state index contributed by atoms with van der Waals surface area (Å²) in [5, 5.41) is 7.25. The van der Waals surface area contributed by atoms with Crippen molar-refractivity contribution in [3.05, 3.63) is 34.3 Å². The highest BCUT2D eigenvalue weighted by molar-refractivity contribution is 6.33. The van der Waals surface area contributed by atoms with E-state index in [1.54, 1.807) is 0 Å². The second kappa shape index (κ2) is 7.27. The first-order valence-electron chi connectivity index (χ1n) is 8.88. The van der Waals surface area contributed by atoms with Gasteiger partial charge >= 0.3 is 0 Å². The van der Waals surface area contributed by atoms with Crippen molar-refractivity contribution in [3.8, 4) is 0 Å². The van der Waals surface area contributed by atoms with Gasteiger partial charge < -0.3 is 14.7 Å². The molecule has 0 spiro atoms. The summed E-state index contributed by atoms with van der Waals surface area (Å²) in [7, 11) is 0. The van der Waals surface area contributed by atoms with E-state index in [9.17, 15) is 4.79 Å². The lowest BCUT2D eigenvalue weighted by Crippen LogP contribution is -2.29. The number of carbonyl (C=O) groups is 1. The molecule has 0 saturated heterocycles. The second-order valence-electron chi connectivity index (χ2n) is 8.03. The van der Waals surface area contributed by atoms with Crippen LogP contribution in [0.25, 0.3) is 0 Å². The summed E-state index contributed by atoms with van der Waals surface area (Å²) < 4.78 is 5.33. The minimum absolute atomic E-state index is 0.0725. The molecule has 6 nitrogen and oxygen atoms in total. The molecular formula is C19H25ClN4O2. The number of aryl methyl sites for hydroxylation is 2. The van der Waals surface area contributed by atoms with Gasteiger partial charge in [0.05, 0.1) is 28.6 Å². The van der Waals surface area contributed by atoms with Gasteiger partial charge in [-0.15, -0.1) is 0 Å². The SMILES string of the molecule is Cc1cc(CN2CCCc3nc(NC(=O)CC(C)(C)C)c(Cl)cc32)on1. The first kappa shape index (κ1) is 18.7. The number of nitrogens with one attached hydrogen (secondary N) is 1. The van der Waals surface area contributed by atoms with E-state index in [1.807, 2.05) is 39.8 Å². The molecule has 0 radical (unpaired) electrons. The molecule has 2 aromatic heterocycles. The highest BCUT2D eigenvalue weighted by Gasteiger charge is 2.23. The lowest BCUT2D eigenvalue weighted by atomic mass is 9.92. The molecule has 0 aliphatic carbocycles. The third kappa shape index (κ3) is 4.55. The fourth-order valence-electron chi connectivity index (χ4n) is 3.12. The third-order valence-corrected chi connectivity index (χ3v) is 4.47. The molecule has 2 aromatic rings. The molecule has 1 aliphatic heterocycles. The smallest absolute Gasteiger partial charge is 0.226 e. The number of fused-ring (bicyclic) bond motifs is 1. The third-order valence-electron chi connectivity index (χ3n) is 4.19. The molecule has 0 aromatic carbocycles. The summed E-state index contributed by atoms with van der Waals surface area (Å²) in [4.78, 5) is 19.0. The number of carbonyl (C=O) groups excluding carboxylic acids is 1. The van der Waals surface area contributed by atoms with Gasteiger partial charge in [0, 0.05) is 19.0 Å². The molecule has 3 heterocycles. The number of amides is 1. The molecule has 1 N–H and O–H groups in total. The van der Waals surface area contributed by atoms with Gasteiger partial charge in [-0.1, -0.05) is 37.5 Å². The van der Waals surface area contributed by atoms with E-state index in [4.69, 9.17) is 16.1 Å². The van der Waals surface area contributed by atoms with Crippen LogP contribution in [0.5, 0.6) is 0 Å². The van der Waals surface area contributed by atoms with Crippen LogP contribution in [0.15, 0.2) is 16.7 Å². The zero-order valence-electron chi connectivity index (χ0n) is 15.7. The molecular weight excluding hydrogens is 352 g/mol. The average molecular weight is 377 g/mol. The van der Waals surface area contributed by atoms with E-state index < -0.39 is 0 Å². The maximum atomic E-state index is 12.2. The van der Waals surface area contributed by atoms with Gasteiger partial charge in [-0.3, -0.25) is 4.79 Å². The fourth-order valence-corrected chi connectivity index (χ4v) is 3.31. The highest BCUT2D eigenvalue weighted by atomic mass is 35.5. The number of hydrogen-bond acceptors (Lipinski definition) is 5. The van der Waals surface area contributed by atoms with Crippen LogP contribution in [0, 0.1) is 12.3 Å². The van der Waals surface area contributed by atoms with Crippen molar-refractivity contribution in [2.75, 3.05) is 16.8 Å². The maximum Gasteiger partial charge on any atom is 0.226 e. The summed E-state index contributed by atoms with van der Waals surface area (Å²) in [6.45, 7) is 9.51. The number of nitrogens with zero attached hydrogens (tertiary/aromatic N) is 3. The normalized spacial score (nSPS) is 14.3. The fraction of sp³-hybridized carbons (Fsp3) is 0.526. The topological polar surface area (TPSA) is 71.3 Å². The number of hydrogen-bond donors (Lipinski definition) is 1. The molecule has 1 amide bonds. The van der Waals surface area contributed by atoms with E-state index in [0.717, 1.165) is 42.2 Å². The summed E-state index contributed by atoms with van der Waals surface area (Å²) in [5.74, 6) is 1.18. The Hall–Kier alpha value is -2.08. The van der Waals surface area contributed by atoms with Crippen LogP contribution >= 0.6 is 11.6 Å². The molecule has 3 rings (SSSR count). The van der Waals surface area contributed by atoms with Crippen LogP contribution in [0.4, 0.5) is 11.5 Å². The van der Waals surface area contributed by atoms with Crippen molar-refractivity contribution < 1.29 is 9.32 Å². The van der Waals surface area contributed by atoms with Gasteiger partial charge in [0.2, 0.25) is 5.91 Å². The predicted molar refractivity (Wildman–Crippen MR) is 103 cm³/mol. The zero-order chi connectivity index (χ0) is 18.9. The Morgan fingerprint density at radius 3 is 2.81 bits per heavy atom. The van der Waals surface area contributed by atoms with Crippen molar-refractivity contribution >= 4 is 29.0 Å². The molecule has 0 bridgehead atoms. The molecule has 0 saturated carbocycles. The van der Waals surface area contributed by atoms with Gasteiger partial charge in [0.1, 0.15) is 0 Å². The molecule has 7 heteroatoms. The lowest BCUT2D eigenvalue weighted by molar-refractivity contribution is -0.117.